The van der Waals surface area contributed by atoms with Crippen LogP contribution in [0.25, 0.3) is 16.5 Å². The summed E-state index contributed by atoms with van der Waals surface area (Å²) < 4.78 is 5.18. The first-order chi connectivity index (χ1) is 7.77. The van der Waals surface area contributed by atoms with E-state index in [9.17, 15) is 0 Å². The van der Waals surface area contributed by atoms with Gasteiger partial charge in [-0.25, -0.2) is 0 Å². The van der Waals surface area contributed by atoms with E-state index in [4.69, 9.17) is 10.3 Å². The fraction of sp³-hybridized carbons (Fsp3) is 0.333. The first-order valence-electron chi connectivity index (χ1n) is 5.10. The minimum Gasteiger partial charge on any atom is -0.496 e. The van der Waals surface area contributed by atoms with Gasteiger partial charge in [0.2, 0.25) is 0 Å². The fourth-order valence-electron chi connectivity index (χ4n) is 1.40. The van der Waals surface area contributed by atoms with Crippen LogP contribution in [-0.4, -0.2) is 13.7 Å². The standard InChI is InChI=1S/C12H15N3O/c1-10-9-11(6-7-12(10)16-2)5-3-4-8-14-15-13/h3,5-7,9H,4,8H2,1-2H3. The van der Waals surface area contributed by atoms with E-state index in [0.717, 1.165) is 23.3 Å². The summed E-state index contributed by atoms with van der Waals surface area (Å²) in [4.78, 5) is 2.69. The van der Waals surface area contributed by atoms with Crippen molar-refractivity contribution in [1.82, 2.24) is 0 Å². The number of hydrogen-bond acceptors (Lipinski definition) is 2. The van der Waals surface area contributed by atoms with Gasteiger partial charge in [-0.05, 0) is 42.1 Å². The van der Waals surface area contributed by atoms with Gasteiger partial charge in [0.05, 0.1) is 7.11 Å². The normalized spacial score (nSPS) is 10.1. The Morgan fingerprint density at radius 2 is 2.31 bits per heavy atom. The maximum Gasteiger partial charge on any atom is 0.121 e. The van der Waals surface area contributed by atoms with E-state index in [1.165, 1.54) is 0 Å². The number of rotatable bonds is 5. The van der Waals surface area contributed by atoms with Crippen LogP contribution >= 0.6 is 0 Å². The average molecular weight is 217 g/mol. The maximum atomic E-state index is 8.10. The van der Waals surface area contributed by atoms with Crippen molar-refractivity contribution in [2.45, 2.75) is 13.3 Å². The van der Waals surface area contributed by atoms with E-state index in [1.807, 2.05) is 31.2 Å². The molecule has 0 saturated carbocycles. The van der Waals surface area contributed by atoms with Crippen molar-refractivity contribution in [1.29, 1.82) is 0 Å². The number of nitrogens with zero attached hydrogens (tertiary/aromatic N) is 3. The van der Waals surface area contributed by atoms with Crippen LogP contribution in [0.4, 0.5) is 0 Å². The molecule has 0 aliphatic carbocycles. The van der Waals surface area contributed by atoms with E-state index < -0.39 is 0 Å². The topological polar surface area (TPSA) is 58.0 Å². The Kier molecular flexibility index (Phi) is 4.96. The van der Waals surface area contributed by atoms with Crippen LogP contribution in [0.3, 0.4) is 0 Å². The minimum absolute atomic E-state index is 0.502. The van der Waals surface area contributed by atoms with Crippen LogP contribution in [0.5, 0.6) is 5.75 Å². The average Bonchev–Trinajstić information content (AvgIpc) is 2.29. The third-order valence-corrected chi connectivity index (χ3v) is 2.19. The van der Waals surface area contributed by atoms with Gasteiger partial charge in [0, 0.05) is 11.5 Å². The quantitative estimate of drug-likeness (QED) is 0.321. The zero-order valence-corrected chi connectivity index (χ0v) is 9.55. The van der Waals surface area contributed by atoms with Crippen LogP contribution in [-0.2, 0) is 0 Å². The highest BCUT2D eigenvalue weighted by Crippen LogP contribution is 2.19. The maximum absolute atomic E-state index is 8.10. The van der Waals surface area contributed by atoms with Crippen molar-refractivity contribution in [2.75, 3.05) is 13.7 Å². The van der Waals surface area contributed by atoms with Crippen LogP contribution < -0.4 is 4.74 Å². The molecule has 1 aromatic carbocycles. The molecule has 0 aliphatic heterocycles. The molecule has 0 radical (unpaired) electrons. The van der Waals surface area contributed by atoms with Crippen molar-refractivity contribution in [3.05, 3.63) is 45.8 Å². The lowest BCUT2D eigenvalue weighted by molar-refractivity contribution is 0.411. The molecule has 0 fully saturated rings. The number of benzene rings is 1. The third kappa shape index (κ3) is 3.67. The largest absolute Gasteiger partial charge is 0.496 e. The van der Waals surface area contributed by atoms with Gasteiger partial charge in [0.25, 0.3) is 0 Å². The van der Waals surface area contributed by atoms with Gasteiger partial charge in [-0.15, -0.1) is 0 Å². The summed E-state index contributed by atoms with van der Waals surface area (Å²) in [5.41, 5.74) is 10.3. The predicted molar refractivity (Wildman–Crippen MR) is 65.4 cm³/mol. The highest BCUT2D eigenvalue weighted by atomic mass is 16.5. The molecule has 84 valence electrons. The van der Waals surface area contributed by atoms with Crippen LogP contribution in [0.15, 0.2) is 29.4 Å². The molecule has 0 atom stereocenters. The third-order valence-electron chi connectivity index (χ3n) is 2.19. The summed E-state index contributed by atoms with van der Waals surface area (Å²) in [5.74, 6) is 0.895. The minimum atomic E-state index is 0.502. The monoisotopic (exact) mass is 217 g/mol. The molecule has 0 aliphatic rings. The molecule has 1 rings (SSSR count). The number of azide groups is 1. The molecule has 0 heterocycles. The summed E-state index contributed by atoms with van der Waals surface area (Å²) in [6.07, 6.45) is 4.77. The lowest BCUT2D eigenvalue weighted by atomic mass is 10.1. The molecule has 0 saturated heterocycles. The molecule has 1 aromatic rings. The second kappa shape index (κ2) is 6.53. The van der Waals surface area contributed by atoms with E-state index in [-0.39, 0.29) is 0 Å². The first-order valence-corrected chi connectivity index (χ1v) is 5.10. The first kappa shape index (κ1) is 12.1. The van der Waals surface area contributed by atoms with Gasteiger partial charge in [0.1, 0.15) is 5.75 Å². The van der Waals surface area contributed by atoms with Crippen LogP contribution in [0.1, 0.15) is 17.5 Å². The molecule has 0 amide bonds. The van der Waals surface area contributed by atoms with Gasteiger partial charge in [-0.2, -0.15) is 0 Å². The second-order valence-corrected chi connectivity index (χ2v) is 3.37. The SMILES string of the molecule is COc1ccc(C=CCCN=[N+]=[N-])cc1C. The zero-order chi connectivity index (χ0) is 11.8. The number of ether oxygens (including phenoxy) is 1. The van der Waals surface area contributed by atoms with Crippen molar-refractivity contribution in [3.8, 4) is 5.75 Å². The summed E-state index contributed by atoms with van der Waals surface area (Å²) >= 11 is 0. The Morgan fingerprint density at radius 3 is 2.94 bits per heavy atom. The molecular formula is C12H15N3O. The summed E-state index contributed by atoms with van der Waals surface area (Å²) in [6.45, 7) is 2.51. The van der Waals surface area contributed by atoms with Gasteiger partial charge < -0.3 is 4.74 Å². The fourth-order valence-corrected chi connectivity index (χ4v) is 1.40. The molecule has 0 unspecified atom stereocenters. The van der Waals surface area contributed by atoms with Gasteiger partial charge in [-0.1, -0.05) is 23.3 Å². The van der Waals surface area contributed by atoms with Gasteiger partial charge in [0.15, 0.2) is 0 Å². The molecule has 0 aromatic heterocycles. The van der Waals surface area contributed by atoms with Gasteiger partial charge in [-0.3, -0.25) is 0 Å². The van der Waals surface area contributed by atoms with E-state index in [2.05, 4.69) is 16.1 Å². The van der Waals surface area contributed by atoms with Crippen LogP contribution in [0.2, 0.25) is 0 Å². The van der Waals surface area contributed by atoms with Crippen molar-refractivity contribution < 1.29 is 4.74 Å². The number of hydrogen-bond donors (Lipinski definition) is 0. The summed E-state index contributed by atoms with van der Waals surface area (Å²) in [5, 5.41) is 3.46. The van der Waals surface area contributed by atoms with Gasteiger partial charge >= 0.3 is 0 Å². The van der Waals surface area contributed by atoms with E-state index >= 15 is 0 Å². The Labute approximate surface area is 95.2 Å². The van der Waals surface area contributed by atoms with E-state index in [1.54, 1.807) is 7.11 Å². The number of aryl methyl sites for hydroxylation is 1. The second-order valence-electron chi connectivity index (χ2n) is 3.37. The van der Waals surface area contributed by atoms with Crippen molar-refractivity contribution >= 4 is 6.08 Å². The smallest absolute Gasteiger partial charge is 0.121 e. The number of methoxy groups -OCH3 is 1. The molecular weight excluding hydrogens is 202 g/mol. The predicted octanol–water partition coefficient (Wildman–Crippen LogP) is 3.72. The summed E-state index contributed by atoms with van der Waals surface area (Å²) in [7, 11) is 1.66. The lowest BCUT2D eigenvalue weighted by Gasteiger charge is -2.04. The Hall–Kier alpha value is -1.93. The van der Waals surface area contributed by atoms with Crippen LogP contribution in [0, 0.1) is 6.92 Å². The lowest BCUT2D eigenvalue weighted by Crippen LogP contribution is -1.86. The van der Waals surface area contributed by atoms with E-state index in [0.29, 0.717) is 6.54 Å². The molecule has 0 spiro atoms. The molecule has 4 nitrogen and oxygen atoms in total. The molecule has 4 heteroatoms. The molecule has 0 bridgehead atoms. The van der Waals surface area contributed by atoms with Crippen molar-refractivity contribution in [2.24, 2.45) is 5.11 Å². The Balaban J connectivity index is 2.60. The highest BCUT2D eigenvalue weighted by Gasteiger charge is 1.96. The Morgan fingerprint density at radius 1 is 1.50 bits per heavy atom. The van der Waals surface area contributed by atoms with Crippen molar-refractivity contribution in [3.63, 3.8) is 0 Å². The zero-order valence-electron chi connectivity index (χ0n) is 9.55. The molecule has 16 heavy (non-hydrogen) atoms. The Bertz CT molecular complexity index is 420. The summed E-state index contributed by atoms with van der Waals surface area (Å²) in [6, 6.07) is 6.00. The highest BCUT2D eigenvalue weighted by molar-refractivity contribution is 5.53. The molecule has 0 N–H and O–H groups in total.